The highest BCUT2D eigenvalue weighted by Gasteiger charge is 2.61. The molecule has 3 aliphatic rings. The molecule has 0 radical (unpaired) electrons. The van der Waals surface area contributed by atoms with Gasteiger partial charge in [-0.3, -0.25) is 14.4 Å². The topological polar surface area (TPSA) is 63.7 Å². The van der Waals surface area contributed by atoms with Gasteiger partial charge in [-0.1, -0.05) is 24.3 Å². The number of hydrogen-bond donors (Lipinski definition) is 0. The lowest BCUT2D eigenvalue weighted by Crippen LogP contribution is -2.33. The van der Waals surface area contributed by atoms with Gasteiger partial charge in [0.1, 0.15) is 5.75 Å². The molecule has 0 unspecified atom stereocenters. The summed E-state index contributed by atoms with van der Waals surface area (Å²) in [5.74, 6) is 0.359. The van der Waals surface area contributed by atoms with E-state index >= 15 is 0 Å². The first-order chi connectivity index (χ1) is 14.5. The number of hydrogen-bond acceptors (Lipinski definition) is 4. The van der Waals surface area contributed by atoms with Crippen LogP contribution in [0.5, 0.6) is 5.75 Å². The molecule has 5 rings (SSSR count). The fraction of sp³-hybridized carbons (Fsp3) is 0.400. The zero-order valence-electron chi connectivity index (χ0n) is 17.3. The number of nitrogens with zero attached hydrogens (tertiary/aromatic N) is 1. The Bertz CT molecular complexity index is 1030. The van der Waals surface area contributed by atoms with Gasteiger partial charge in [0.15, 0.2) is 12.4 Å². The highest BCUT2D eigenvalue weighted by Crippen LogP contribution is 2.57. The summed E-state index contributed by atoms with van der Waals surface area (Å²) in [6.45, 7) is 3.83. The second-order valence-electron chi connectivity index (χ2n) is 8.88. The summed E-state index contributed by atoms with van der Waals surface area (Å²) < 4.78 is 5.83. The van der Waals surface area contributed by atoms with Crippen LogP contribution in [0.1, 0.15) is 40.7 Å². The molecule has 2 aromatic carbocycles. The van der Waals surface area contributed by atoms with Crippen LogP contribution >= 0.6 is 0 Å². The van der Waals surface area contributed by atoms with E-state index in [1.165, 1.54) is 4.90 Å². The van der Waals surface area contributed by atoms with Crippen LogP contribution in [-0.2, 0) is 9.59 Å². The van der Waals surface area contributed by atoms with E-state index in [2.05, 4.69) is 0 Å². The summed E-state index contributed by atoms with van der Waals surface area (Å²) in [6, 6.07) is 12.6. The lowest BCUT2D eigenvalue weighted by molar-refractivity contribution is -0.123. The zero-order valence-corrected chi connectivity index (χ0v) is 17.3. The summed E-state index contributed by atoms with van der Waals surface area (Å²) >= 11 is 0. The molecular formula is C25H25NO4. The van der Waals surface area contributed by atoms with Crippen molar-refractivity contribution in [1.82, 2.24) is 0 Å². The molecule has 2 aromatic rings. The minimum absolute atomic E-state index is 0.103. The van der Waals surface area contributed by atoms with E-state index in [1.807, 2.05) is 26.0 Å². The lowest BCUT2D eigenvalue weighted by atomic mass is 9.81. The van der Waals surface area contributed by atoms with Crippen LogP contribution in [-0.4, -0.2) is 24.2 Å². The summed E-state index contributed by atoms with van der Waals surface area (Å²) in [5.41, 5.74) is 3.23. The fourth-order valence-electron chi connectivity index (χ4n) is 5.55. The van der Waals surface area contributed by atoms with Gasteiger partial charge < -0.3 is 4.74 Å². The molecule has 5 nitrogen and oxygen atoms in total. The maximum absolute atomic E-state index is 13.2. The van der Waals surface area contributed by atoms with Gasteiger partial charge in [0.25, 0.3) is 0 Å². The molecule has 2 saturated carbocycles. The van der Waals surface area contributed by atoms with Crippen LogP contribution in [0.2, 0.25) is 0 Å². The highest BCUT2D eigenvalue weighted by atomic mass is 16.5. The number of anilines is 1. The SMILES string of the molecule is Cc1ccc(C(=O)COc2ccccc2N2C(=O)[C@H]3[C@@H]4CC[C@@H](C4)[C@@H]3C2=O)cc1C. The zero-order chi connectivity index (χ0) is 21.0. The number of carbonyl (C=O) groups is 3. The molecule has 5 heteroatoms. The molecule has 2 aliphatic carbocycles. The third-order valence-electron chi connectivity index (χ3n) is 7.22. The third kappa shape index (κ3) is 2.87. The molecule has 154 valence electrons. The van der Waals surface area contributed by atoms with Gasteiger partial charge >= 0.3 is 0 Å². The van der Waals surface area contributed by atoms with E-state index < -0.39 is 0 Å². The van der Waals surface area contributed by atoms with E-state index in [4.69, 9.17) is 4.74 Å². The van der Waals surface area contributed by atoms with Gasteiger partial charge in [0.05, 0.1) is 17.5 Å². The Labute approximate surface area is 176 Å². The predicted molar refractivity (Wildman–Crippen MR) is 112 cm³/mol. The van der Waals surface area contributed by atoms with Crippen LogP contribution in [0, 0.1) is 37.5 Å². The second kappa shape index (κ2) is 7.08. The molecule has 0 aromatic heterocycles. The molecule has 1 aliphatic heterocycles. The number of ether oxygens (including phenoxy) is 1. The molecule has 0 N–H and O–H groups in total. The minimum Gasteiger partial charge on any atom is -0.483 e. The largest absolute Gasteiger partial charge is 0.483 e. The first-order valence-electron chi connectivity index (χ1n) is 10.7. The maximum Gasteiger partial charge on any atom is 0.238 e. The average Bonchev–Trinajstić information content (AvgIpc) is 3.42. The number of Topliss-reactive ketones (excluding diaryl/α,β-unsaturated/α-hetero) is 1. The molecule has 0 spiro atoms. The summed E-state index contributed by atoms with van der Waals surface area (Å²) in [7, 11) is 0. The standard InChI is InChI=1S/C25H25NO4/c1-14-7-8-16(11-15(14)2)20(27)13-30-21-6-4-3-5-19(21)26-24(28)22-17-9-10-18(12-17)23(22)25(26)29/h3-8,11,17-18,22-23H,9-10,12-13H2,1-2H3/t17-,18+,22-,23-/m0/s1. The normalized spacial score (nSPS) is 26.9. The second-order valence-corrected chi connectivity index (χ2v) is 8.88. The molecule has 2 amide bonds. The molecule has 3 fully saturated rings. The number of fused-ring (bicyclic) bond motifs is 5. The Balaban J connectivity index is 1.37. The van der Waals surface area contributed by atoms with E-state index in [0.29, 0.717) is 28.8 Å². The van der Waals surface area contributed by atoms with Crippen molar-refractivity contribution in [3.05, 3.63) is 59.2 Å². The van der Waals surface area contributed by atoms with Crippen molar-refractivity contribution in [2.24, 2.45) is 23.7 Å². The first-order valence-corrected chi connectivity index (χ1v) is 10.7. The van der Waals surface area contributed by atoms with Crippen molar-refractivity contribution in [2.45, 2.75) is 33.1 Å². The molecular weight excluding hydrogens is 378 g/mol. The summed E-state index contributed by atoms with van der Waals surface area (Å²) in [6.07, 6.45) is 3.09. The number of amides is 2. The molecule has 1 saturated heterocycles. The number of ketones is 1. The smallest absolute Gasteiger partial charge is 0.238 e. The van der Waals surface area contributed by atoms with E-state index in [0.717, 1.165) is 30.4 Å². The van der Waals surface area contributed by atoms with Gasteiger partial charge in [-0.2, -0.15) is 0 Å². The predicted octanol–water partition coefficient (Wildman–Crippen LogP) is 4.10. The Morgan fingerprint density at radius 1 is 0.967 bits per heavy atom. The number of imide groups is 1. The quantitative estimate of drug-likeness (QED) is 0.557. The van der Waals surface area contributed by atoms with Crippen LogP contribution < -0.4 is 9.64 Å². The van der Waals surface area contributed by atoms with Crippen LogP contribution in [0.15, 0.2) is 42.5 Å². The Morgan fingerprint density at radius 3 is 2.30 bits per heavy atom. The van der Waals surface area contributed by atoms with Gasteiger partial charge in [-0.25, -0.2) is 4.90 Å². The third-order valence-corrected chi connectivity index (χ3v) is 7.22. The van der Waals surface area contributed by atoms with Crippen molar-refractivity contribution in [3.8, 4) is 5.75 Å². The van der Waals surface area contributed by atoms with Gasteiger partial charge in [-0.15, -0.1) is 0 Å². The lowest BCUT2D eigenvalue weighted by Gasteiger charge is -2.20. The van der Waals surface area contributed by atoms with Gasteiger partial charge in [0.2, 0.25) is 11.8 Å². The highest BCUT2D eigenvalue weighted by molar-refractivity contribution is 6.23. The summed E-state index contributed by atoms with van der Waals surface area (Å²) in [4.78, 5) is 40.2. The Hall–Kier alpha value is -2.95. The monoisotopic (exact) mass is 403 g/mol. The van der Waals surface area contributed by atoms with Crippen LogP contribution in [0.25, 0.3) is 0 Å². The van der Waals surface area contributed by atoms with Crippen molar-refractivity contribution in [2.75, 3.05) is 11.5 Å². The van der Waals surface area contributed by atoms with Crippen LogP contribution in [0.3, 0.4) is 0 Å². The van der Waals surface area contributed by atoms with Crippen molar-refractivity contribution >= 4 is 23.3 Å². The number of carbonyl (C=O) groups excluding carboxylic acids is 3. The van der Waals surface area contributed by atoms with Gasteiger partial charge in [-0.05, 0) is 74.3 Å². The number of para-hydroxylation sites is 2. The van der Waals surface area contributed by atoms with E-state index in [1.54, 1.807) is 30.3 Å². The van der Waals surface area contributed by atoms with E-state index in [-0.39, 0.29) is 36.0 Å². The van der Waals surface area contributed by atoms with Crippen molar-refractivity contribution < 1.29 is 19.1 Å². The van der Waals surface area contributed by atoms with Crippen molar-refractivity contribution in [1.29, 1.82) is 0 Å². The summed E-state index contributed by atoms with van der Waals surface area (Å²) in [5, 5.41) is 0. The van der Waals surface area contributed by atoms with Crippen LogP contribution in [0.4, 0.5) is 5.69 Å². The first kappa shape index (κ1) is 19.0. The average molecular weight is 403 g/mol. The Kier molecular flexibility index (Phi) is 4.49. The molecule has 30 heavy (non-hydrogen) atoms. The molecule has 4 atom stereocenters. The van der Waals surface area contributed by atoms with Gasteiger partial charge in [0, 0.05) is 5.56 Å². The minimum atomic E-state index is -0.179. The Morgan fingerprint density at radius 2 is 1.63 bits per heavy atom. The number of rotatable bonds is 5. The molecule has 2 bridgehead atoms. The fourth-order valence-corrected chi connectivity index (χ4v) is 5.55. The molecule has 1 heterocycles. The van der Waals surface area contributed by atoms with E-state index in [9.17, 15) is 14.4 Å². The number of benzene rings is 2. The maximum atomic E-state index is 13.2. The van der Waals surface area contributed by atoms with Crippen molar-refractivity contribution in [3.63, 3.8) is 0 Å². The number of aryl methyl sites for hydroxylation is 2.